The summed E-state index contributed by atoms with van der Waals surface area (Å²) >= 11 is 0. The SMILES string of the molecule is CC[C@H](C)[C@H](NC(=O)OCC1c2ccccc2-c2ccccc21)C(=O)N(CC)C(C)(C)C(=O)O. The number of nitrogens with one attached hydrogen (secondary N) is 1. The van der Waals surface area contributed by atoms with Crippen molar-refractivity contribution in [3.05, 3.63) is 59.7 Å². The van der Waals surface area contributed by atoms with Gasteiger partial charge in [-0.25, -0.2) is 9.59 Å². The maximum Gasteiger partial charge on any atom is 0.407 e. The van der Waals surface area contributed by atoms with Crippen molar-refractivity contribution in [3.8, 4) is 11.1 Å². The zero-order chi connectivity index (χ0) is 25.0. The van der Waals surface area contributed by atoms with Crippen LogP contribution in [0.3, 0.4) is 0 Å². The summed E-state index contributed by atoms with van der Waals surface area (Å²) in [5.74, 6) is -1.83. The zero-order valence-corrected chi connectivity index (χ0v) is 20.5. The van der Waals surface area contributed by atoms with E-state index in [0.29, 0.717) is 6.42 Å². The molecule has 0 spiro atoms. The topological polar surface area (TPSA) is 95.9 Å². The van der Waals surface area contributed by atoms with Gasteiger partial charge in [-0.1, -0.05) is 68.8 Å². The molecule has 182 valence electrons. The van der Waals surface area contributed by atoms with Gasteiger partial charge < -0.3 is 20.1 Å². The molecule has 7 heteroatoms. The van der Waals surface area contributed by atoms with Gasteiger partial charge >= 0.3 is 12.1 Å². The second kappa shape index (κ2) is 10.3. The van der Waals surface area contributed by atoms with Gasteiger partial charge in [-0.05, 0) is 48.9 Å². The minimum absolute atomic E-state index is 0.0889. The number of benzene rings is 2. The third kappa shape index (κ3) is 4.79. The van der Waals surface area contributed by atoms with Crippen LogP contribution in [0, 0.1) is 5.92 Å². The van der Waals surface area contributed by atoms with Crippen molar-refractivity contribution in [1.29, 1.82) is 0 Å². The molecule has 0 aliphatic heterocycles. The molecular formula is C27H34N2O5. The summed E-state index contributed by atoms with van der Waals surface area (Å²) in [6.45, 7) is 8.81. The van der Waals surface area contributed by atoms with Crippen molar-refractivity contribution in [3.63, 3.8) is 0 Å². The molecule has 0 fully saturated rings. The summed E-state index contributed by atoms with van der Waals surface area (Å²) in [4.78, 5) is 39.2. The molecule has 2 aromatic rings. The number of ether oxygens (including phenoxy) is 1. The van der Waals surface area contributed by atoms with Gasteiger partial charge in [0.2, 0.25) is 5.91 Å². The lowest BCUT2D eigenvalue weighted by Crippen LogP contribution is -2.60. The largest absolute Gasteiger partial charge is 0.480 e. The fourth-order valence-corrected chi connectivity index (χ4v) is 4.56. The quantitative estimate of drug-likeness (QED) is 0.561. The maximum absolute atomic E-state index is 13.3. The first-order valence-electron chi connectivity index (χ1n) is 11.8. The second-order valence-electron chi connectivity index (χ2n) is 9.28. The molecule has 1 aliphatic carbocycles. The smallest absolute Gasteiger partial charge is 0.407 e. The van der Waals surface area contributed by atoms with Crippen molar-refractivity contribution in [2.45, 2.75) is 58.5 Å². The van der Waals surface area contributed by atoms with Crippen LogP contribution in [0.1, 0.15) is 58.1 Å². The molecule has 1 aliphatic rings. The third-order valence-electron chi connectivity index (χ3n) is 6.88. The molecule has 3 rings (SSSR count). The normalized spacial score (nSPS) is 14.5. The highest BCUT2D eigenvalue weighted by molar-refractivity contribution is 5.91. The second-order valence-corrected chi connectivity index (χ2v) is 9.28. The van der Waals surface area contributed by atoms with Gasteiger partial charge in [-0.15, -0.1) is 0 Å². The molecule has 0 radical (unpaired) electrons. The van der Waals surface area contributed by atoms with Crippen molar-refractivity contribution in [2.75, 3.05) is 13.2 Å². The van der Waals surface area contributed by atoms with E-state index >= 15 is 0 Å². The number of rotatable bonds is 9. The summed E-state index contributed by atoms with van der Waals surface area (Å²) in [5.41, 5.74) is 3.07. The number of aliphatic carboxylic acids is 1. The van der Waals surface area contributed by atoms with Crippen LogP contribution in [0.25, 0.3) is 11.1 Å². The highest BCUT2D eigenvalue weighted by Crippen LogP contribution is 2.44. The third-order valence-corrected chi connectivity index (χ3v) is 6.88. The van der Waals surface area contributed by atoms with E-state index in [1.54, 1.807) is 6.92 Å². The molecule has 0 aromatic heterocycles. The van der Waals surface area contributed by atoms with Crippen LogP contribution in [-0.2, 0) is 14.3 Å². The van der Waals surface area contributed by atoms with Crippen molar-refractivity contribution >= 4 is 18.0 Å². The molecule has 7 nitrogen and oxygen atoms in total. The number of fused-ring (bicyclic) bond motifs is 3. The average molecular weight is 467 g/mol. The monoisotopic (exact) mass is 466 g/mol. The van der Waals surface area contributed by atoms with E-state index in [1.807, 2.05) is 50.2 Å². The van der Waals surface area contributed by atoms with Gasteiger partial charge in [0.15, 0.2) is 0 Å². The molecule has 2 aromatic carbocycles. The lowest BCUT2D eigenvalue weighted by molar-refractivity contribution is -0.158. The Morgan fingerprint density at radius 2 is 1.56 bits per heavy atom. The highest BCUT2D eigenvalue weighted by Gasteiger charge is 2.41. The van der Waals surface area contributed by atoms with E-state index in [2.05, 4.69) is 17.4 Å². The summed E-state index contributed by atoms with van der Waals surface area (Å²) in [7, 11) is 0. The summed E-state index contributed by atoms with van der Waals surface area (Å²) in [6.07, 6.45) is -0.0600. The molecule has 2 N–H and O–H groups in total. The van der Waals surface area contributed by atoms with Gasteiger partial charge in [-0.2, -0.15) is 0 Å². The van der Waals surface area contributed by atoms with Crippen molar-refractivity contribution in [1.82, 2.24) is 10.2 Å². The predicted molar refractivity (Wildman–Crippen MR) is 131 cm³/mol. The molecule has 2 amide bonds. The van der Waals surface area contributed by atoms with Crippen LogP contribution in [0.4, 0.5) is 4.79 Å². The number of carboxylic acids is 1. The number of carboxylic acid groups (broad SMARTS) is 1. The van der Waals surface area contributed by atoms with Crippen molar-refractivity contribution < 1.29 is 24.2 Å². The van der Waals surface area contributed by atoms with Crippen LogP contribution >= 0.6 is 0 Å². The van der Waals surface area contributed by atoms with Crippen LogP contribution in [-0.4, -0.2) is 52.7 Å². The summed E-state index contributed by atoms with van der Waals surface area (Å²) in [5, 5.41) is 12.3. The molecule has 0 heterocycles. The first kappa shape index (κ1) is 25.3. The molecule has 0 saturated carbocycles. The molecule has 34 heavy (non-hydrogen) atoms. The van der Waals surface area contributed by atoms with Gasteiger partial charge in [0.25, 0.3) is 0 Å². The van der Waals surface area contributed by atoms with E-state index in [0.717, 1.165) is 22.3 Å². The first-order valence-corrected chi connectivity index (χ1v) is 11.8. The van der Waals surface area contributed by atoms with E-state index in [1.165, 1.54) is 18.7 Å². The zero-order valence-electron chi connectivity index (χ0n) is 20.5. The fourth-order valence-electron chi connectivity index (χ4n) is 4.56. The highest BCUT2D eigenvalue weighted by atomic mass is 16.5. The number of hydrogen-bond acceptors (Lipinski definition) is 4. The number of likely N-dealkylation sites (N-methyl/N-ethyl adjacent to an activating group) is 1. The Hall–Kier alpha value is -3.35. The lowest BCUT2D eigenvalue weighted by Gasteiger charge is -2.38. The predicted octanol–water partition coefficient (Wildman–Crippen LogP) is 4.65. The molecule has 0 bridgehead atoms. The standard InChI is InChI=1S/C27H34N2O5/c1-6-17(3)23(24(30)29(7-2)27(4,5)25(31)32)28-26(33)34-16-22-20-14-10-8-12-18(20)19-13-9-11-15-21(19)22/h8-15,17,22-23H,6-7,16H2,1-5H3,(H,28,33)(H,31,32)/t17-,23-/m0/s1. The van der Waals surface area contributed by atoms with Crippen LogP contribution < -0.4 is 5.32 Å². The Balaban J connectivity index is 1.75. The molecular weight excluding hydrogens is 432 g/mol. The number of amides is 2. The van der Waals surface area contributed by atoms with Crippen molar-refractivity contribution in [2.24, 2.45) is 5.92 Å². The van der Waals surface area contributed by atoms with Gasteiger partial charge in [0.05, 0.1) is 0 Å². The first-order chi connectivity index (χ1) is 16.1. The van der Waals surface area contributed by atoms with Crippen LogP contribution in [0.2, 0.25) is 0 Å². The van der Waals surface area contributed by atoms with E-state index in [-0.39, 0.29) is 25.0 Å². The number of alkyl carbamates (subject to hydrolysis) is 1. The van der Waals surface area contributed by atoms with Gasteiger partial charge in [0, 0.05) is 12.5 Å². The lowest BCUT2D eigenvalue weighted by atomic mass is 9.94. The van der Waals surface area contributed by atoms with Gasteiger partial charge in [-0.3, -0.25) is 4.79 Å². The number of carbonyl (C=O) groups is 3. The van der Waals surface area contributed by atoms with Gasteiger partial charge in [0.1, 0.15) is 18.2 Å². The summed E-state index contributed by atoms with van der Waals surface area (Å²) in [6, 6.07) is 15.2. The number of carbonyl (C=O) groups excluding carboxylic acids is 2. The number of hydrogen-bond donors (Lipinski definition) is 2. The number of nitrogens with zero attached hydrogens (tertiary/aromatic N) is 1. The Kier molecular flexibility index (Phi) is 7.64. The van der Waals surface area contributed by atoms with Crippen LogP contribution in [0.15, 0.2) is 48.5 Å². The molecule has 0 unspecified atom stereocenters. The average Bonchev–Trinajstić information content (AvgIpc) is 3.14. The van der Waals surface area contributed by atoms with Crippen LogP contribution in [0.5, 0.6) is 0 Å². The Labute approximate surface area is 201 Å². The Morgan fingerprint density at radius 1 is 1.03 bits per heavy atom. The molecule has 0 saturated heterocycles. The molecule has 2 atom stereocenters. The summed E-state index contributed by atoms with van der Waals surface area (Å²) < 4.78 is 5.62. The van der Waals surface area contributed by atoms with E-state index in [4.69, 9.17) is 4.74 Å². The minimum Gasteiger partial charge on any atom is -0.480 e. The Bertz CT molecular complexity index is 1020. The Morgan fingerprint density at radius 3 is 2.03 bits per heavy atom. The van der Waals surface area contributed by atoms with E-state index < -0.39 is 29.6 Å². The maximum atomic E-state index is 13.3. The minimum atomic E-state index is -1.40. The fraction of sp³-hybridized carbons (Fsp3) is 0.444. The van der Waals surface area contributed by atoms with E-state index in [9.17, 15) is 19.5 Å².